The van der Waals surface area contributed by atoms with E-state index >= 15 is 0 Å². The van der Waals surface area contributed by atoms with E-state index in [2.05, 4.69) is 21.2 Å². The smallest absolute Gasteiger partial charge is 0.254 e. The van der Waals surface area contributed by atoms with Crippen LogP contribution in [-0.4, -0.2) is 11.9 Å². The molecule has 0 aromatic heterocycles. The number of amides is 1. The molecule has 1 aromatic carbocycles. The number of nitrogens with one attached hydrogen (secondary N) is 1. The minimum Gasteiger partial charge on any atom is -0.348 e. The van der Waals surface area contributed by atoms with E-state index in [9.17, 15) is 9.18 Å². The summed E-state index contributed by atoms with van der Waals surface area (Å²) in [6, 6.07) is 5.78. The highest BCUT2D eigenvalue weighted by molar-refractivity contribution is 9.10. The predicted molar refractivity (Wildman–Crippen MR) is 61.3 cm³/mol. The second-order valence-corrected chi connectivity index (χ2v) is 4.28. The Kier molecular flexibility index (Phi) is 4.44. The van der Waals surface area contributed by atoms with Crippen molar-refractivity contribution in [3.05, 3.63) is 34.1 Å². The Morgan fingerprint density at radius 2 is 2.38 bits per heavy atom. The van der Waals surface area contributed by atoms with Gasteiger partial charge in [-0.15, -0.1) is 0 Å². The van der Waals surface area contributed by atoms with E-state index in [-0.39, 0.29) is 18.0 Å². The van der Waals surface area contributed by atoms with E-state index in [0.29, 0.717) is 4.47 Å². The predicted octanol–water partition coefficient (Wildman–Crippen LogP) is 2.62. The van der Waals surface area contributed by atoms with Crippen molar-refractivity contribution in [1.82, 2.24) is 5.32 Å². The molecule has 0 saturated heterocycles. The molecule has 1 amide bonds. The van der Waals surface area contributed by atoms with Crippen LogP contribution in [0.5, 0.6) is 0 Å². The number of carbonyl (C=O) groups is 1. The molecule has 0 saturated carbocycles. The van der Waals surface area contributed by atoms with Crippen molar-refractivity contribution in [2.75, 3.05) is 0 Å². The van der Waals surface area contributed by atoms with Crippen LogP contribution in [0.1, 0.15) is 23.7 Å². The Hall–Kier alpha value is -1.41. The largest absolute Gasteiger partial charge is 0.348 e. The van der Waals surface area contributed by atoms with Crippen LogP contribution in [0.2, 0.25) is 0 Å². The highest BCUT2D eigenvalue weighted by Crippen LogP contribution is 2.15. The Morgan fingerprint density at radius 3 is 3.00 bits per heavy atom. The van der Waals surface area contributed by atoms with Crippen molar-refractivity contribution in [1.29, 1.82) is 5.26 Å². The monoisotopic (exact) mass is 284 g/mol. The zero-order chi connectivity index (χ0) is 12.1. The quantitative estimate of drug-likeness (QED) is 0.928. The standard InChI is InChI=1S/C11H10BrFN2O/c1-7(4-5-14)15-11(16)9-6-8(12)2-3-10(9)13/h2-3,6-7H,4H2,1H3,(H,15,16). The van der Waals surface area contributed by atoms with E-state index in [1.807, 2.05) is 6.07 Å². The topological polar surface area (TPSA) is 52.9 Å². The van der Waals surface area contributed by atoms with Gasteiger partial charge >= 0.3 is 0 Å². The van der Waals surface area contributed by atoms with E-state index in [1.54, 1.807) is 6.92 Å². The molecule has 5 heteroatoms. The van der Waals surface area contributed by atoms with Crippen molar-refractivity contribution in [3.8, 4) is 6.07 Å². The molecule has 0 aliphatic rings. The summed E-state index contributed by atoms with van der Waals surface area (Å²) in [6.45, 7) is 1.69. The van der Waals surface area contributed by atoms with E-state index in [1.165, 1.54) is 18.2 Å². The molecule has 0 fully saturated rings. The molecule has 1 rings (SSSR count). The van der Waals surface area contributed by atoms with Gasteiger partial charge in [0.15, 0.2) is 0 Å². The van der Waals surface area contributed by atoms with Crippen molar-refractivity contribution < 1.29 is 9.18 Å². The van der Waals surface area contributed by atoms with Crippen LogP contribution < -0.4 is 5.32 Å². The highest BCUT2D eigenvalue weighted by Gasteiger charge is 2.14. The van der Waals surface area contributed by atoms with Gasteiger partial charge in [-0.3, -0.25) is 4.79 Å². The molecule has 1 unspecified atom stereocenters. The summed E-state index contributed by atoms with van der Waals surface area (Å²) in [7, 11) is 0. The van der Waals surface area contributed by atoms with Crippen LogP contribution in [0.15, 0.2) is 22.7 Å². The third-order valence-electron chi connectivity index (χ3n) is 1.95. The Bertz CT molecular complexity index is 442. The molecule has 0 radical (unpaired) electrons. The van der Waals surface area contributed by atoms with Crippen LogP contribution in [-0.2, 0) is 0 Å². The molecular formula is C11H10BrFN2O. The first-order valence-corrected chi connectivity index (χ1v) is 5.46. The zero-order valence-corrected chi connectivity index (χ0v) is 10.2. The Morgan fingerprint density at radius 1 is 1.69 bits per heavy atom. The first kappa shape index (κ1) is 12.7. The minimum atomic E-state index is -0.579. The van der Waals surface area contributed by atoms with E-state index < -0.39 is 11.7 Å². The lowest BCUT2D eigenvalue weighted by atomic mass is 10.1. The van der Waals surface area contributed by atoms with Gasteiger partial charge in [-0.05, 0) is 25.1 Å². The van der Waals surface area contributed by atoms with Crippen molar-refractivity contribution in [2.24, 2.45) is 0 Å². The molecular weight excluding hydrogens is 275 g/mol. The summed E-state index contributed by atoms with van der Waals surface area (Å²) in [5.74, 6) is -1.09. The second kappa shape index (κ2) is 5.61. The number of nitrogens with zero attached hydrogens (tertiary/aromatic N) is 1. The van der Waals surface area contributed by atoms with Gasteiger partial charge < -0.3 is 5.32 Å². The SMILES string of the molecule is CC(CC#N)NC(=O)c1cc(Br)ccc1F. The molecule has 1 N–H and O–H groups in total. The van der Waals surface area contributed by atoms with E-state index in [0.717, 1.165) is 0 Å². The minimum absolute atomic E-state index is 0.0286. The lowest BCUT2D eigenvalue weighted by molar-refractivity contribution is 0.0936. The summed E-state index contributed by atoms with van der Waals surface area (Å²) in [5, 5.41) is 11.0. The number of hydrogen-bond acceptors (Lipinski definition) is 2. The molecule has 1 aromatic rings. The number of nitriles is 1. The van der Waals surface area contributed by atoms with Gasteiger partial charge in [0.2, 0.25) is 0 Å². The fourth-order valence-corrected chi connectivity index (χ4v) is 1.52. The van der Waals surface area contributed by atoms with Gasteiger partial charge in [-0.2, -0.15) is 5.26 Å². The molecule has 1 atom stereocenters. The Labute approximate surface area is 101 Å². The number of carbonyl (C=O) groups excluding carboxylic acids is 1. The van der Waals surface area contributed by atoms with Gasteiger partial charge in [0, 0.05) is 10.5 Å². The number of benzene rings is 1. The molecule has 0 bridgehead atoms. The first-order valence-electron chi connectivity index (χ1n) is 4.67. The van der Waals surface area contributed by atoms with Gasteiger partial charge in [0.05, 0.1) is 18.1 Å². The number of hydrogen-bond donors (Lipinski definition) is 1. The maximum Gasteiger partial charge on any atom is 0.254 e. The lowest BCUT2D eigenvalue weighted by Gasteiger charge is -2.10. The van der Waals surface area contributed by atoms with Gasteiger partial charge in [-0.25, -0.2) is 4.39 Å². The molecule has 0 spiro atoms. The second-order valence-electron chi connectivity index (χ2n) is 3.36. The fourth-order valence-electron chi connectivity index (χ4n) is 1.16. The highest BCUT2D eigenvalue weighted by atomic mass is 79.9. The van der Waals surface area contributed by atoms with Crippen molar-refractivity contribution in [3.63, 3.8) is 0 Å². The molecule has 0 aliphatic heterocycles. The maximum absolute atomic E-state index is 13.3. The van der Waals surface area contributed by atoms with Crippen LogP contribution in [0, 0.1) is 17.1 Å². The summed E-state index contributed by atoms with van der Waals surface area (Å²) < 4.78 is 13.9. The third kappa shape index (κ3) is 3.31. The first-order chi connectivity index (χ1) is 7.54. The lowest BCUT2D eigenvalue weighted by Crippen LogP contribution is -2.32. The molecule has 84 valence electrons. The van der Waals surface area contributed by atoms with Crippen LogP contribution in [0.3, 0.4) is 0 Å². The van der Waals surface area contributed by atoms with Crippen LogP contribution in [0.25, 0.3) is 0 Å². The number of rotatable bonds is 3. The summed E-state index contributed by atoms with van der Waals surface area (Å²) >= 11 is 3.16. The normalized spacial score (nSPS) is 11.6. The van der Waals surface area contributed by atoms with Gasteiger partial charge in [0.1, 0.15) is 5.82 Å². The Balaban J connectivity index is 2.81. The zero-order valence-electron chi connectivity index (χ0n) is 8.63. The number of halogens is 2. The fraction of sp³-hybridized carbons (Fsp3) is 0.273. The van der Waals surface area contributed by atoms with Crippen LogP contribution >= 0.6 is 15.9 Å². The van der Waals surface area contributed by atoms with Crippen molar-refractivity contribution >= 4 is 21.8 Å². The summed E-state index contributed by atoms with van der Waals surface area (Å²) in [6.07, 6.45) is 0.196. The van der Waals surface area contributed by atoms with Gasteiger partial charge in [-0.1, -0.05) is 15.9 Å². The summed E-state index contributed by atoms with van der Waals surface area (Å²) in [5.41, 5.74) is -0.0286. The average Bonchev–Trinajstić information content (AvgIpc) is 2.21. The van der Waals surface area contributed by atoms with Gasteiger partial charge in [0.25, 0.3) is 5.91 Å². The molecule has 0 heterocycles. The molecule has 16 heavy (non-hydrogen) atoms. The van der Waals surface area contributed by atoms with Crippen molar-refractivity contribution in [2.45, 2.75) is 19.4 Å². The van der Waals surface area contributed by atoms with Crippen LogP contribution in [0.4, 0.5) is 4.39 Å². The molecule has 3 nitrogen and oxygen atoms in total. The maximum atomic E-state index is 13.3. The summed E-state index contributed by atoms with van der Waals surface area (Å²) in [4.78, 5) is 11.6. The average molecular weight is 285 g/mol. The molecule has 0 aliphatic carbocycles. The third-order valence-corrected chi connectivity index (χ3v) is 2.44. The van der Waals surface area contributed by atoms with E-state index in [4.69, 9.17) is 5.26 Å².